The normalized spacial score (nSPS) is 17.1. The van der Waals surface area contributed by atoms with Crippen molar-refractivity contribution in [2.45, 2.75) is 25.3 Å². The molecule has 0 spiro atoms. The molecule has 6 nitrogen and oxygen atoms in total. The van der Waals surface area contributed by atoms with E-state index < -0.39 is 0 Å². The van der Waals surface area contributed by atoms with E-state index in [0.717, 1.165) is 37.5 Å². The Morgan fingerprint density at radius 3 is 2.44 bits per heavy atom. The molecule has 1 heterocycles. The topological polar surface area (TPSA) is 60.0 Å². The van der Waals surface area contributed by atoms with Crippen LogP contribution in [-0.4, -0.2) is 69.5 Å². The number of carbonyl (C=O) groups is 1. The molecule has 0 radical (unpaired) electrons. The SMILES string of the molecule is CN=C(NCC(c1ccc(F)cc1)N(C)C)N1CCC(CC(=O)NC)CC1. The molecule has 1 aliphatic heterocycles. The number of likely N-dealkylation sites (N-methyl/N-ethyl adjacent to an activating group) is 1. The van der Waals surface area contributed by atoms with Gasteiger partial charge in [0.05, 0.1) is 6.04 Å². The zero-order valence-electron chi connectivity index (χ0n) is 16.8. The van der Waals surface area contributed by atoms with Crippen LogP contribution in [0.5, 0.6) is 0 Å². The van der Waals surface area contributed by atoms with Crippen molar-refractivity contribution in [1.29, 1.82) is 0 Å². The van der Waals surface area contributed by atoms with Crippen LogP contribution in [0.25, 0.3) is 0 Å². The lowest BCUT2D eigenvalue weighted by atomic mass is 9.93. The zero-order chi connectivity index (χ0) is 19.8. The average molecular weight is 378 g/mol. The van der Waals surface area contributed by atoms with Gasteiger partial charge in [0.25, 0.3) is 0 Å². The number of likely N-dealkylation sites (tertiary alicyclic amines) is 1. The molecule has 0 aliphatic carbocycles. The summed E-state index contributed by atoms with van der Waals surface area (Å²) in [6, 6.07) is 6.77. The Morgan fingerprint density at radius 1 is 1.30 bits per heavy atom. The van der Waals surface area contributed by atoms with Crippen molar-refractivity contribution in [2.75, 3.05) is 47.8 Å². The van der Waals surface area contributed by atoms with Crippen LogP contribution in [0.2, 0.25) is 0 Å². The lowest BCUT2D eigenvalue weighted by Gasteiger charge is -2.35. The zero-order valence-corrected chi connectivity index (χ0v) is 16.8. The number of amides is 1. The standard InChI is InChI=1S/C20H32FN5O/c1-22-19(27)13-15-9-11-26(12-10-15)20(23-2)24-14-18(25(3)4)16-5-7-17(21)8-6-16/h5-8,15,18H,9-14H2,1-4H3,(H,22,27)(H,23,24). The molecule has 0 saturated carbocycles. The maximum Gasteiger partial charge on any atom is 0.220 e. The lowest BCUT2D eigenvalue weighted by molar-refractivity contribution is -0.121. The number of guanidine groups is 1. The second-order valence-electron chi connectivity index (χ2n) is 7.27. The van der Waals surface area contributed by atoms with E-state index in [2.05, 4.69) is 25.4 Å². The first-order valence-electron chi connectivity index (χ1n) is 9.52. The minimum atomic E-state index is -0.223. The molecular formula is C20H32FN5O. The lowest BCUT2D eigenvalue weighted by Crippen LogP contribution is -2.47. The summed E-state index contributed by atoms with van der Waals surface area (Å²) >= 11 is 0. The van der Waals surface area contributed by atoms with Crippen LogP contribution >= 0.6 is 0 Å². The number of rotatable bonds is 6. The molecule has 27 heavy (non-hydrogen) atoms. The number of carbonyl (C=O) groups excluding carboxylic acids is 1. The van der Waals surface area contributed by atoms with Crippen molar-refractivity contribution < 1.29 is 9.18 Å². The number of halogens is 1. The van der Waals surface area contributed by atoms with Gasteiger partial charge < -0.3 is 20.4 Å². The third-order valence-electron chi connectivity index (χ3n) is 5.21. The Balaban J connectivity index is 1.90. The summed E-state index contributed by atoms with van der Waals surface area (Å²) in [4.78, 5) is 20.3. The summed E-state index contributed by atoms with van der Waals surface area (Å²) in [5.74, 6) is 1.21. The van der Waals surface area contributed by atoms with Crippen LogP contribution < -0.4 is 10.6 Å². The average Bonchev–Trinajstić information content (AvgIpc) is 2.67. The molecule has 1 fully saturated rings. The Hall–Kier alpha value is -2.15. The van der Waals surface area contributed by atoms with E-state index in [9.17, 15) is 9.18 Å². The van der Waals surface area contributed by atoms with Gasteiger partial charge in [-0.25, -0.2) is 4.39 Å². The molecule has 7 heteroatoms. The molecule has 1 amide bonds. The molecule has 1 aromatic rings. The number of nitrogens with one attached hydrogen (secondary N) is 2. The second-order valence-corrected chi connectivity index (χ2v) is 7.27. The number of nitrogens with zero attached hydrogens (tertiary/aromatic N) is 3. The summed E-state index contributed by atoms with van der Waals surface area (Å²) in [6.45, 7) is 2.47. The minimum Gasteiger partial charge on any atom is -0.359 e. The van der Waals surface area contributed by atoms with E-state index >= 15 is 0 Å². The van der Waals surface area contributed by atoms with Crippen LogP contribution in [0.15, 0.2) is 29.3 Å². The fourth-order valence-electron chi connectivity index (χ4n) is 3.52. The first-order valence-corrected chi connectivity index (χ1v) is 9.52. The van der Waals surface area contributed by atoms with E-state index in [1.165, 1.54) is 12.1 Å². The van der Waals surface area contributed by atoms with Crippen LogP contribution in [0.3, 0.4) is 0 Å². The number of piperidine rings is 1. The minimum absolute atomic E-state index is 0.115. The van der Waals surface area contributed by atoms with E-state index in [-0.39, 0.29) is 17.8 Å². The fourth-order valence-corrected chi connectivity index (χ4v) is 3.52. The van der Waals surface area contributed by atoms with Crippen LogP contribution in [0.1, 0.15) is 30.9 Å². The summed E-state index contributed by atoms with van der Waals surface area (Å²) in [5, 5.41) is 6.16. The number of hydrogen-bond acceptors (Lipinski definition) is 3. The molecular weight excluding hydrogens is 345 g/mol. The van der Waals surface area contributed by atoms with Crippen molar-refractivity contribution in [1.82, 2.24) is 20.4 Å². The van der Waals surface area contributed by atoms with Crippen molar-refractivity contribution in [3.63, 3.8) is 0 Å². The van der Waals surface area contributed by atoms with Crippen LogP contribution in [0.4, 0.5) is 4.39 Å². The Bertz CT molecular complexity index is 624. The van der Waals surface area contributed by atoms with Gasteiger partial charge in [-0.05, 0) is 50.6 Å². The molecule has 2 rings (SSSR count). The van der Waals surface area contributed by atoms with Crippen molar-refractivity contribution in [3.05, 3.63) is 35.6 Å². The highest BCUT2D eigenvalue weighted by Crippen LogP contribution is 2.21. The van der Waals surface area contributed by atoms with E-state index in [4.69, 9.17) is 0 Å². The summed E-state index contributed by atoms with van der Waals surface area (Å²) in [5.41, 5.74) is 1.06. The number of aliphatic imine (C=N–C) groups is 1. The third-order valence-corrected chi connectivity index (χ3v) is 5.21. The quantitative estimate of drug-likeness (QED) is 0.587. The Kier molecular flexibility index (Phi) is 8.03. The number of benzene rings is 1. The first-order chi connectivity index (χ1) is 12.9. The Labute approximate surface area is 161 Å². The first kappa shape index (κ1) is 21.2. The number of hydrogen-bond donors (Lipinski definition) is 2. The van der Waals surface area contributed by atoms with E-state index in [0.29, 0.717) is 18.9 Å². The summed E-state index contributed by atoms with van der Waals surface area (Å²) in [7, 11) is 7.51. The fraction of sp³-hybridized carbons (Fsp3) is 0.600. The highest BCUT2D eigenvalue weighted by molar-refractivity contribution is 5.80. The van der Waals surface area contributed by atoms with Crippen molar-refractivity contribution in [3.8, 4) is 0 Å². The maximum atomic E-state index is 13.2. The van der Waals surface area contributed by atoms with Crippen molar-refractivity contribution >= 4 is 11.9 Å². The van der Waals surface area contributed by atoms with Gasteiger partial charge in [0.2, 0.25) is 5.91 Å². The van der Waals surface area contributed by atoms with Crippen molar-refractivity contribution in [2.24, 2.45) is 10.9 Å². The van der Waals surface area contributed by atoms with Gasteiger partial charge in [-0.3, -0.25) is 9.79 Å². The second kappa shape index (κ2) is 10.3. The molecule has 1 aliphatic rings. The molecule has 0 bridgehead atoms. The highest BCUT2D eigenvalue weighted by Gasteiger charge is 2.24. The monoisotopic (exact) mass is 377 g/mol. The molecule has 1 unspecified atom stereocenters. The molecule has 1 atom stereocenters. The predicted octanol–water partition coefficient (Wildman–Crippen LogP) is 1.85. The summed E-state index contributed by atoms with van der Waals surface area (Å²) < 4.78 is 13.2. The smallest absolute Gasteiger partial charge is 0.220 e. The van der Waals surface area contributed by atoms with Crippen LogP contribution in [-0.2, 0) is 4.79 Å². The largest absolute Gasteiger partial charge is 0.359 e. The van der Waals surface area contributed by atoms with E-state index in [1.807, 2.05) is 26.2 Å². The molecule has 0 aromatic heterocycles. The third kappa shape index (κ3) is 6.20. The summed E-state index contributed by atoms with van der Waals surface area (Å²) in [6.07, 6.45) is 2.58. The maximum absolute atomic E-state index is 13.2. The predicted molar refractivity (Wildman–Crippen MR) is 107 cm³/mol. The molecule has 150 valence electrons. The van der Waals surface area contributed by atoms with Gasteiger partial charge in [-0.2, -0.15) is 0 Å². The van der Waals surface area contributed by atoms with E-state index in [1.54, 1.807) is 14.1 Å². The van der Waals surface area contributed by atoms with Gasteiger partial charge >= 0.3 is 0 Å². The Morgan fingerprint density at radius 2 is 1.93 bits per heavy atom. The van der Waals surface area contributed by atoms with Gasteiger partial charge in [0.1, 0.15) is 5.82 Å². The van der Waals surface area contributed by atoms with Gasteiger partial charge in [0, 0.05) is 40.2 Å². The van der Waals surface area contributed by atoms with Gasteiger partial charge in [0.15, 0.2) is 5.96 Å². The molecule has 2 N–H and O–H groups in total. The van der Waals surface area contributed by atoms with Gasteiger partial charge in [-0.1, -0.05) is 12.1 Å². The van der Waals surface area contributed by atoms with Gasteiger partial charge in [-0.15, -0.1) is 0 Å². The molecule has 1 aromatic carbocycles. The highest BCUT2D eigenvalue weighted by atomic mass is 19.1. The molecule has 1 saturated heterocycles. The van der Waals surface area contributed by atoms with Crippen LogP contribution in [0, 0.1) is 11.7 Å².